The van der Waals surface area contributed by atoms with Gasteiger partial charge in [0.05, 0.1) is 0 Å². The van der Waals surface area contributed by atoms with Crippen LogP contribution in [0, 0.1) is 11.8 Å². The zero-order valence-electron chi connectivity index (χ0n) is 8.76. The molecule has 74 valence electrons. The van der Waals surface area contributed by atoms with Gasteiger partial charge in [0.2, 0.25) is 0 Å². The van der Waals surface area contributed by atoms with Crippen molar-refractivity contribution < 1.29 is 0 Å². The second-order valence-corrected chi connectivity index (χ2v) is 4.92. The minimum atomic E-state index is 1.05. The highest BCUT2D eigenvalue weighted by Crippen LogP contribution is 2.37. The molecular formula is C12H21N. The molecule has 0 aromatic carbocycles. The van der Waals surface area contributed by atoms with Gasteiger partial charge in [0, 0.05) is 19.6 Å². The van der Waals surface area contributed by atoms with Crippen LogP contribution >= 0.6 is 0 Å². The van der Waals surface area contributed by atoms with Crippen LogP contribution in [0.5, 0.6) is 0 Å². The van der Waals surface area contributed by atoms with Crippen molar-refractivity contribution >= 4 is 0 Å². The van der Waals surface area contributed by atoms with Gasteiger partial charge in [0.1, 0.15) is 0 Å². The van der Waals surface area contributed by atoms with E-state index >= 15 is 0 Å². The molecule has 1 saturated heterocycles. The number of hydrogen-bond donors (Lipinski definition) is 0. The molecule has 1 saturated carbocycles. The molecule has 0 aromatic heterocycles. The Bertz CT molecular complexity index is 185. The van der Waals surface area contributed by atoms with Crippen LogP contribution in [-0.4, -0.2) is 24.5 Å². The van der Waals surface area contributed by atoms with Crippen LogP contribution in [-0.2, 0) is 0 Å². The van der Waals surface area contributed by atoms with E-state index in [1.165, 1.54) is 50.9 Å². The van der Waals surface area contributed by atoms with Crippen LogP contribution in [0.2, 0.25) is 0 Å². The van der Waals surface area contributed by atoms with Crippen molar-refractivity contribution in [2.75, 3.05) is 19.6 Å². The van der Waals surface area contributed by atoms with Gasteiger partial charge in [-0.2, -0.15) is 0 Å². The summed E-state index contributed by atoms with van der Waals surface area (Å²) >= 11 is 0. The van der Waals surface area contributed by atoms with Gasteiger partial charge in [0.15, 0.2) is 0 Å². The van der Waals surface area contributed by atoms with Gasteiger partial charge < -0.3 is 4.90 Å². The molecule has 2 unspecified atom stereocenters. The Morgan fingerprint density at radius 3 is 2.46 bits per heavy atom. The maximum atomic E-state index is 3.96. The highest BCUT2D eigenvalue weighted by atomic mass is 15.2. The maximum absolute atomic E-state index is 3.96. The molecule has 0 amide bonds. The van der Waals surface area contributed by atoms with Gasteiger partial charge in [-0.1, -0.05) is 12.0 Å². The second kappa shape index (κ2) is 3.83. The lowest BCUT2D eigenvalue weighted by Gasteiger charge is -2.16. The van der Waals surface area contributed by atoms with E-state index in [1.54, 1.807) is 0 Å². The Kier molecular flexibility index (Phi) is 2.73. The van der Waals surface area contributed by atoms with E-state index in [9.17, 15) is 0 Å². The zero-order chi connectivity index (χ0) is 9.26. The Morgan fingerprint density at radius 1 is 1.31 bits per heavy atom. The summed E-state index contributed by atoms with van der Waals surface area (Å²) < 4.78 is 0. The minimum absolute atomic E-state index is 1.05. The van der Waals surface area contributed by atoms with Crippen molar-refractivity contribution in [3.63, 3.8) is 0 Å². The van der Waals surface area contributed by atoms with E-state index in [2.05, 4.69) is 18.4 Å². The molecule has 2 atom stereocenters. The summed E-state index contributed by atoms with van der Waals surface area (Å²) in [6.07, 6.45) is 5.67. The lowest BCUT2D eigenvalue weighted by Crippen LogP contribution is -2.22. The molecule has 0 bridgehead atoms. The largest absolute Gasteiger partial charge is 0.302 e. The molecule has 1 heteroatoms. The highest BCUT2D eigenvalue weighted by molar-refractivity contribution is 4.92. The molecule has 2 fully saturated rings. The Balaban J connectivity index is 1.75. The fourth-order valence-electron chi connectivity index (χ4n) is 2.86. The Hall–Kier alpha value is -0.300. The molecule has 1 aliphatic heterocycles. The van der Waals surface area contributed by atoms with Gasteiger partial charge in [0.25, 0.3) is 0 Å². The molecule has 2 aliphatic rings. The molecule has 1 nitrogen and oxygen atoms in total. The average Bonchev–Trinajstić information content (AvgIpc) is 2.58. The molecule has 0 radical (unpaired) electrons. The third-order valence-electron chi connectivity index (χ3n) is 3.66. The summed E-state index contributed by atoms with van der Waals surface area (Å²) in [4.78, 5) is 2.64. The second-order valence-electron chi connectivity index (χ2n) is 4.92. The predicted octanol–water partition coefficient (Wildman–Crippen LogP) is 2.68. The summed E-state index contributed by atoms with van der Waals surface area (Å²) in [5.41, 5.74) is 1.33. The SMILES string of the molecule is C=C(C)CCN1CC2CCCC2C1. The number of nitrogens with zero attached hydrogens (tertiary/aromatic N) is 1. The molecule has 0 N–H and O–H groups in total. The number of hydrogen-bond acceptors (Lipinski definition) is 1. The summed E-state index contributed by atoms with van der Waals surface area (Å²) in [5, 5.41) is 0. The molecular weight excluding hydrogens is 158 g/mol. The number of fused-ring (bicyclic) bond motifs is 1. The van der Waals surface area contributed by atoms with Gasteiger partial charge >= 0.3 is 0 Å². The van der Waals surface area contributed by atoms with Crippen LogP contribution in [0.4, 0.5) is 0 Å². The fraction of sp³-hybridized carbons (Fsp3) is 0.833. The Morgan fingerprint density at radius 2 is 1.92 bits per heavy atom. The lowest BCUT2D eigenvalue weighted by atomic mass is 10.0. The van der Waals surface area contributed by atoms with Gasteiger partial charge in [-0.25, -0.2) is 0 Å². The summed E-state index contributed by atoms with van der Waals surface area (Å²) in [5.74, 6) is 2.09. The molecule has 0 spiro atoms. The van der Waals surface area contributed by atoms with E-state index in [4.69, 9.17) is 0 Å². The van der Waals surface area contributed by atoms with E-state index in [-0.39, 0.29) is 0 Å². The Labute approximate surface area is 81.8 Å². The third kappa shape index (κ3) is 2.14. The van der Waals surface area contributed by atoms with E-state index < -0.39 is 0 Å². The van der Waals surface area contributed by atoms with Crippen LogP contribution in [0.15, 0.2) is 12.2 Å². The van der Waals surface area contributed by atoms with Crippen molar-refractivity contribution in [2.45, 2.75) is 32.6 Å². The normalized spacial score (nSPS) is 33.6. The fourth-order valence-corrected chi connectivity index (χ4v) is 2.86. The van der Waals surface area contributed by atoms with Crippen LogP contribution in [0.1, 0.15) is 32.6 Å². The summed E-state index contributed by atoms with van der Waals surface area (Å²) in [7, 11) is 0. The van der Waals surface area contributed by atoms with Crippen LogP contribution < -0.4 is 0 Å². The maximum Gasteiger partial charge on any atom is 0.00186 e. The van der Waals surface area contributed by atoms with Gasteiger partial charge in [-0.3, -0.25) is 0 Å². The molecule has 1 heterocycles. The van der Waals surface area contributed by atoms with E-state index in [1.807, 2.05) is 0 Å². The van der Waals surface area contributed by atoms with E-state index in [0.717, 1.165) is 11.8 Å². The lowest BCUT2D eigenvalue weighted by molar-refractivity contribution is 0.315. The first-order valence-corrected chi connectivity index (χ1v) is 5.62. The first-order valence-electron chi connectivity index (χ1n) is 5.62. The van der Waals surface area contributed by atoms with Gasteiger partial charge in [-0.15, -0.1) is 6.58 Å². The first kappa shape index (κ1) is 9.26. The quantitative estimate of drug-likeness (QED) is 0.602. The molecule has 0 aromatic rings. The van der Waals surface area contributed by atoms with Gasteiger partial charge in [-0.05, 0) is 38.0 Å². The third-order valence-corrected chi connectivity index (χ3v) is 3.66. The molecule has 1 aliphatic carbocycles. The van der Waals surface area contributed by atoms with E-state index in [0.29, 0.717) is 0 Å². The van der Waals surface area contributed by atoms with Crippen molar-refractivity contribution in [3.8, 4) is 0 Å². The van der Waals surface area contributed by atoms with Crippen molar-refractivity contribution in [3.05, 3.63) is 12.2 Å². The van der Waals surface area contributed by atoms with Crippen molar-refractivity contribution in [1.29, 1.82) is 0 Å². The van der Waals surface area contributed by atoms with Crippen LogP contribution in [0.25, 0.3) is 0 Å². The van der Waals surface area contributed by atoms with Crippen molar-refractivity contribution in [1.82, 2.24) is 4.90 Å². The zero-order valence-corrected chi connectivity index (χ0v) is 8.76. The highest BCUT2D eigenvalue weighted by Gasteiger charge is 2.35. The van der Waals surface area contributed by atoms with Crippen LogP contribution in [0.3, 0.4) is 0 Å². The smallest absolute Gasteiger partial charge is 0.00186 e. The average molecular weight is 179 g/mol. The monoisotopic (exact) mass is 179 g/mol. The summed E-state index contributed by atoms with van der Waals surface area (Å²) in [6, 6.07) is 0. The topological polar surface area (TPSA) is 3.24 Å². The summed E-state index contributed by atoms with van der Waals surface area (Å²) in [6.45, 7) is 10.1. The first-order chi connectivity index (χ1) is 6.25. The molecule has 13 heavy (non-hydrogen) atoms. The van der Waals surface area contributed by atoms with Crippen molar-refractivity contribution in [2.24, 2.45) is 11.8 Å². The standard InChI is InChI=1S/C12H21N/c1-10(2)6-7-13-8-11-4-3-5-12(11)9-13/h11-12H,1,3-9H2,2H3. The molecule has 2 rings (SSSR count). The number of rotatable bonds is 3. The minimum Gasteiger partial charge on any atom is -0.302 e. The number of likely N-dealkylation sites (tertiary alicyclic amines) is 1. The predicted molar refractivity (Wildman–Crippen MR) is 56.7 cm³/mol.